The summed E-state index contributed by atoms with van der Waals surface area (Å²) in [7, 11) is 1.81. The zero-order chi connectivity index (χ0) is 22.5. The average molecular weight is 441 g/mol. The highest BCUT2D eigenvalue weighted by molar-refractivity contribution is 7.89. The summed E-state index contributed by atoms with van der Waals surface area (Å²) in [4.78, 5) is 12.5. The number of ether oxygens (including phenoxy) is 3. The van der Waals surface area contributed by atoms with E-state index in [1.165, 1.54) is 76.9 Å². The molecule has 0 fully saturated rings. The van der Waals surface area contributed by atoms with Crippen molar-refractivity contribution >= 4 is 21.9 Å². The van der Waals surface area contributed by atoms with Gasteiger partial charge in [-0.3, -0.25) is 4.79 Å². The number of carbonyl (C=O) groups excluding carboxylic acids is 1. The molecule has 0 aliphatic carbocycles. The van der Waals surface area contributed by atoms with E-state index in [1.54, 1.807) is 0 Å². The second kappa shape index (κ2) is 9.68. The van der Waals surface area contributed by atoms with Crippen molar-refractivity contribution < 1.29 is 36.2 Å². The summed E-state index contributed by atoms with van der Waals surface area (Å²) >= 11 is 0. The van der Waals surface area contributed by atoms with Gasteiger partial charge in [-0.1, -0.05) is 6.08 Å². The van der Waals surface area contributed by atoms with Gasteiger partial charge in [-0.25, -0.2) is 12.7 Å². The minimum absolute atomic E-state index is 0.0139. The predicted octanol–water partition coefficient (Wildman–Crippen LogP) is 3.45. The fourth-order valence-electron chi connectivity index (χ4n) is 2.47. The molecule has 0 amide bonds. The fraction of sp³-hybridized carbons (Fsp3) is 0.250. The van der Waals surface area contributed by atoms with Gasteiger partial charge >= 0.3 is 6.61 Å². The van der Waals surface area contributed by atoms with Crippen LogP contribution in [0.4, 0.5) is 8.78 Å². The number of methoxy groups -OCH3 is 2. The Morgan fingerprint density at radius 3 is 2.00 bits per heavy atom. The molecule has 0 bridgehead atoms. The summed E-state index contributed by atoms with van der Waals surface area (Å²) < 4.78 is 65.0. The number of nitrogens with zero attached hydrogens (tertiary/aromatic N) is 1. The predicted molar refractivity (Wildman–Crippen MR) is 107 cm³/mol. The molecule has 2 aromatic carbocycles. The van der Waals surface area contributed by atoms with E-state index >= 15 is 0 Å². The quantitative estimate of drug-likeness (QED) is 0.438. The molecule has 2 rings (SSSR count). The normalized spacial score (nSPS) is 11.9. The maximum Gasteiger partial charge on any atom is 0.387 e. The first-order valence-corrected chi connectivity index (χ1v) is 10.00. The lowest BCUT2D eigenvalue weighted by Crippen LogP contribution is -2.22. The number of carbonyl (C=O) groups is 1. The molecule has 0 aliphatic rings. The first kappa shape index (κ1) is 23.3. The van der Waals surface area contributed by atoms with E-state index < -0.39 is 16.6 Å². The van der Waals surface area contributed by atoms with Gasteiger partial charge in [-0.2, -0.15) is 8.78 Å². The number of rotatable bonds is 9. The standard InChI is InChI=1S/C20H21F2NO6S/c1-23(2)30(25,26)15-8-6-14(7-9-15)16(24)10-5-13-11-17(27-3)19(29-20(21)22)18(12-13)28-4/h5-12,20H,1-4H3/b10-5+. The lowest BCUT2D eigenvalue weighted by Gasteiger charge is -2.14. The topological polar surface area (TPSA) is 82.1 Å². The van der Waals surface area contributed by atoms with Crippen LogP contribution in [0, 0.1) is 0 Å². The first-order chi connectivity index (χ1) is 14.1. The van der Waals surface area contributed by atoms with Gasteiger partial charge in [0, 0.05) is 19.7 Å². The van der Waals surface area contributed by atoms with Crippen LogP contribution in [-0.4, -0.2) is 53.4 Å². The van der Waals surface area contributed by atoms with Crippen molar-refractivity contribution in [2.45, 2.75) is 11.5 Å². The van der Waals surface area contributed by atoms with Crippen molar-refractivity contribution in [2.75, 3.05) is 28.3 Å². The Hall–Kier alpha value is -2.98. The number of hydrogen-bond donors (Lipinski definition) is 0. The number of halogens is 2. The summed E-state index contributed by atoms with van der Waals surface area (Å²) in [6.45, 7) is -3.06. The Bertz CT molecular complexity index is 1010. The molecular weight excluding hydrogens is 420 g/mol. The summed E-state index contributed by atoms with van der Waals surface area (Å²) in [6, 6.07) is 8.33. The molecule has 0 unspecified atom stereocenters. The Kier molecular flexibility index (Phi) is 7.52. The maximum atomic E-state index is 12.6. The highest BCUT2D eigenvalue weighted by atomic mass is 32.2. The third-order valence-electron chi connectivity index (χ3n) is 4.03. The summed E-state index contributed by atoms with van der Waals surface area (Å²) in [5, 5.41) is 0. The van der Waals surface area contributed by atoms with E-state index in [2.05, 4.69) is 4.74 Å². The van der Waals surface area contributed by atoms with E-state index in [9.17, 15) is 22.0 Å². The molecule has 0 heterocycles. The second-order valence-corrected chi connectivity index (χ2v) is 8.29. The molecule has 30 heavy (non-hydrogen) atoms. The molecule has 0 spiro atoms. The van der Waals surface area contributed by atoms with Crippen molar-refractivity contribution in [2.24, 2.45) is 0 Å². The number of benzene rings is 2. The van der Waals surface area contributed by atoms with Crippen LogP contribution in [0.15, 0.2) is 47.4 Å². The van der Waals surface area contributed by atoms with Crippen LogP contribution in [-0.2, 0) is 10.0 Å². The molecule has 2 aromatic rings. The van der Waals surface area contributed by atoms with Gasteiger partial charge in [0.1, 0.15) is 0 Å². The zero-order valence-electron chi connectivity index (χ0n) is 16.8. The van der Waals surface area contributed by atoms with E-state index in [4.69, 9.17) is 9.47 Å². The Labute approximate surface area is 173 Å². The Morgan fingerprint density at radius 2 is 1.57 bits per heavy atom. The van der Waals surface area contributed by atoms with Crippen LogP contribution in [0.5, 0.6) is 17.2 Å². The van der Waals surface area contributed by atoms with Gasteiger partial charge in [-0.05, 0) is 48.0 Å². The molecule has 7 nitrogen and oxygen atoms in total. The van der Waals surface area contributed by atoms with Crippen LogP contribution in [0.2, 0.25) is 0 Å². The first-order valence-electron chi connectivity index (χ1n) is 8.56. The molecule has 0 saturated heterocycles. The smallest absolute Gasteiger partial charge is 0.387 e. The van der Waals surface area contributed by atoms with Crippen LogP contribution in [0.3, 0.4) is 0 Å². The third kappa shape index (κ3) is 5.33. The van der Waals surface area contributed by atoms with Gasteiger partial charge in [0.05, 0.1) is 19.1 Å². The van der Waals surface area contributed by atoms with Crippen LogP contribution in [0.1, 0.15) is 15.9 Å². The van der Waals surface area contributed by atoms with Crippen LogP contribution >= 0.6 is 0 Å². The fourth-order valence-corrected chi connectivity index (χ4v) is 3.37. The molecule has 0 atom stereocenters. The van der Waals surface area contributed by atoms with E-state index in [-0.39, 0.29) is 33.5 Å². The molecule has 162 valence electrons. The van der Waals surface area contributed by atoms with Crippen molar-refractivity contribution in [1.29, 1.82) is 0 Å². The van der Waals surface area contributed by atoms with Crippen LogP contribution in [0.25, 0.3) is 6.08 Å². The van der Waals surface area contributed by atoms with Gasteiger partial charge < -0.3 is 14.2 Å². The molecule has 0 aliphatic heterocycles. The number of hydrogen-bond acceptors (Lipinski definition) is 6. The van der Waals surface area contributed by atoms with E-state index in [0.717, 1.165) is 4.31 Å². The van der Waals surface area contributed by atoms with Crippen molar-refractivity contribution in [3.8, 4) is 17.2 Å². The van der Waals surface area contributed by atoms with Gasteiger partial charge in [0.25, 0.3) is 0 Å². The monoisotopic (exact) mass is 441 g/mol. The number of allylic oxidation sites excluding steroid dienone is 1. The SMILES string of the molecule is COc1cc(/C=C/C(=O)c2ccc(S(=O)(=O)N(C)C)cc2)cc(OC)c1OC(F)F. The minimum Gasteiger partial charge on any atom is -0.493 e. The molecule has 0 saturated carbocycles. The summed E-state index contributed by atoms with van der Waals surface area (Å²) in [5.41, 5.74) is 0.728. The van der Waals surface area contributed by atoms with Crippen LogP contribution < -0.4 is 14.2 Å². The minimum atomic E-state index is -3.59. The summed E-state index contributed by atoms with van der Waals surface area (Å²) in [5.74, 6) is -0.606. The molecule has 0 radical (unpaired) electrons. The second-order valence-electron chi connectivity index (χ2n) is 6.14. The number of sulfonamides is 1. The van der Waals surface area contributed by atoms with Crippen molar-refractivity contribution in [3.05, 3.63) is 53.6 Å². The number of ketones is 1. The number of alkyl halides is 2. The molecular formula is C20H21F2NO6S. The van der Waals surface area contributed by atoms with Gasteiger partial charge in [0.15, 0.2) is 17.3 Å². The molecule has 0 N–H and O–H groups in total. The van der Waals surface area contributed by atoms with Gasteiger partial charge in [0.2, 0.25) is 15.8 Å². The Balaban J connectivity index is 2.28. The molecule has 10 heteroatoms. The lowest BCUT2D eigenvalue weighted by molar-refractivity contribution is -0.0526. The Morgan fingerprint density at radius 1 is 1.03 bits per heavy atom. The largest absolute Gasteiger partial charge is 0.493 e. The summed E-state index contributed by atoms with van der Waals surface area (Å²) in [6.07, 6.45) is 2.71. The highest BCUT2D eigenvalue weighted by Gasteiger charge is 2.18. The maximum absolute atomic E-state index is 12.6. The van der Waals surface area contributed by atoms with Crippen molar-refractivity contribution in [1.82, 2.24) is 4.31 Å². The van der Waals surface area contributed by atoms with E-state index in [1.807, 2.05) is 0 Å². The van der Waals surface area contributed by atoms with E-state index in [0.29, 0.717) is 5.56 Å². The lowest BCUT2D eigenvalue weighted by atomic mass is 10.1. The third-order valence-corrected chi connectivity index (χ3v) is 5.86. The molecule has 0 aromatic heterocycles. The average Bonchev–Trinajstić information content (AvgIpc) is 2.71. The van der Waals surface area contributed by atoms with Crippen molar-refractivity contribution in [3.63, 3.8) is 0 Å². The zero-order valence-corrected chi connectivity index (χ0v) is 17.6. The van der Waals surface area contributed by atoms with Gasteiger partial charge in [-0.15, -0.1) is 0 Å². The highest BCUT2D eigenvalue weighted by Crippen LogP contribution is 2.39.